The van der Waals surface area contributed by atoms with E-state index in [0.717, 1.165) is 6.42 Å². The van der Waals surface area contributed by atoms with Gasteiger partial charge in [0.05, 0.1) is 0 Å². The second-order valence-electron chi connectivity index (χ2n) is 5.02. The monoisotopic (exact) mass is 266 g/mol. The zero-order chi connectivity index (χ0) is 14.1. The minimum absolute atomic E-state index is 0.0619. The second kappa shape index (κ2) is 5.28. The fourth-order valence-electron chi connectivity index (χ4n) is 3.29. The van der Waals surface area contributed by atoms with Crippen LogP contribution in [0.15, 0.2) is 30.3 Å². The molecule has 0 saturated carbocycles. The van der Waals surface area contributed by atoms with Crippen LogP contribution in [-0.2, 0) is 15.9 Å². The lowest BCUT2D eigenvalue weighted by Gasteiger charge is -2.19. The number of terminal acetylenes is 1. The molecule has 0 aromatic heterocycles. The van der Waals surface area contributed by atoms with Crippen molar-refractivity contribution in [3.63, 3.8) is 0 Å². The molecule has 1 aliphatic rings. The van der Waals surface area contributed by atoms with E-state index < -0.39 is 0 Å². The van der Waals surface area contributed by atoms with Crippen LogP contribution in [0.2, 0.25) is 0 Å². The average Bonchev–Trinajstić information content (AvgIpc) is 2.71. The molecule has 0 saturated heterocycles. The number of ether oxygens (including phenoxy) is 2. The van der Waals surface area contributed by atoms with E-state index in [9.17, 15) is 0 Å². The number of fused-ring (bicyclic) bond motifs is 4. The lowest BCUT2D eigenvalue weighted by molar-refractivity contribution is -0.0430. The van der Waals surface area contributed by atoms with E-state index >= 15 is 0 Å². The van der Waals surface area contributed by atoms with E-state index in [1.54, 1.807) is 7.11 Å². The van der Waals surface area contributed by atoms with Crippen molar-refractivity contribution in [2.24, 2.45) is 0 Å². The zero-order valence-corrected chi connectivity index (χ0v) is 11.8. The van der Waals surface area contributed by atoms with E-state index in [4.69, 9.17) is 15.9 Å². The Morgan fingerprint density at radius 1 is 1.25 bits per heavy atom. The van der Waals surface area contributed by atoms with Gasteiger partial charge in [0, 0.05) is 7.11 Å². The van der Waals surface area contributed by atoms with Gasteiger partial charge in [0.1, 0.15) is 18.8 Å². The predicted molar refractivity (Wildman–Crippen MR) is 80.6 cm³/mol. The normalized spacial score (nSPS) is 20.2. The first-order valence-corrected chi connectivity index (χ1v) is 6.94. The van der Waals surface area contributed by atoms with Crippen LogP contribution in [0, 0.1) is 12.3 Å². The molecule has 2 bridgehead atoms. The van der Waals surface area contributed by atoms with Crippen molar-refractivity contribution in [1.29, 1.82) is 0 Å². The quantitative estimate of drug-likeness (QED) is 0.784. The topological polar surface area (TPSA) is 18.5 Å². The van der Waals surface area contributed by atoms with Gasteiger partial charge in [0.25, 0.3) is 0 Å². The molecular weight excluding hydrogens is 248 g/mol. The summed E-state index contributed by atoms with van der Waals surface area (Å²) in [5, 5.41) is 2.50. The van der Waals surface area contributed by atoms with Crippen LogP contribution >= 0.6 is 0 Å². The molecule has 2 atom stereocenters. The van der Waals surface area contributed by atoms with Gasteiger partial charge in [0.15, 0.2) is 0 Å². The molecule has 2 unspecified atom stereocenters. The Bertz CT molecular complexity index is 682. The van der Waals surface area contributed by atoms with Gasteiger partial charge in [-0.05, 0) is 39.9 Å². The molecule has 0 aliphatic heterocycles. The highest BCUT2D eigenvalue weighted by atomic mass is 16.5. The van der Waals surface area contributed by atoms with E-state index in [-0.39, 0.29) is 12.2 Å². The summed E-state index contributed by atoms with van der Waals surface area (Å²) in [5.41, 5.74) is 3.84. The Hall–Kier alpha value is -1.82. The maximum atomic E-state index is 5.86. The molecule has 0 fully saturated rings. The molecule has 20 heavy (non-hydrogen) atoms. The summed E-state index contributed by atoms with van der Waals surface area (Å²) < 4.78 is 11.6. The lowest BCUT2D eigenvalue weighted by atomic mass is 9.98. The zero-order valence-electron chi connectivity index (χ0n) is 11.8. The SMILES string of the molecule is C#CCOC1c2cc3ccccc3c(c2CC)C1OC. The first-order valence-electron chi connectivity index (χ1n) is 6.94. The molecule has 0 N–H and O–H groups in total. The van der Waals surface area contributed by atoms with Gasteiger partial charge in [-0.1, -0.05) is 37.1 Å². The fourth-order valence-corrected chi connectivity index (χ4v) is 3.29. The highest BCUT2D eigenvalue weighted by Crippen LogP contribution is 2.49. The molecule has 0 radical (unpaired) electrons. The van der Waals surface area contributed by atoms with Gasteiger partial charge in [-0.15, -0.1) is 6.42 Å². The number of hydrogen-bond donors (Lipinski definition) is 0. The number of benzene rings is 2. The first kappa shape index (κ1) is 13.2. The molecule has 102 valence electrons. The Labute approximate surface area is 119 Å². The van der Waals surface area contributed by atoms with Crippen LogP contribution in [0.3, 0.4) is 0 Å². The minimum Gasteiger partial charge on any atom is -0.374 e. The Kier molecular flexibility index (Phi) is 3.48. The number of methoxy groups -OCH3 is 1. The van der Waals surface area contributed by atoms with Gasteiger partial charge < -0.3 is 9.47 Å². The standard InChI is InChI=1S/C18H18O2/c1-4-10-20-17-15-11-12-8-6-7-9-14(12)16(13(15)5-2)18(17)19-3/h1,6-9,11,17-18H,5,10H2,2-3H3. The highest BCUT2D eigenvalue weighted by Gasteiger charge is 2.37. The van der Waals surface area contributed by atoms with Crippen LogP contribution in [0.25, 0.3) is 10.8 Å². The van der Waals surface area contributed by atoms with Crippen molar-refractivity contribution >= 4 is 10.8 Å². The minimum atomic E-state index is -0.0894. The molecular formula is C18H18O2. The third-order valence-electron chi connectivity index (χ3n) is 4.06. The van der Waals surface area contributed by atoms with Crippen LogP contribution in [0.1, 0.15) is 35.8 Å². The molecule has 0 heterocycles. The summed E-state index contributed by atoms with van der Waals surface area (Å²) in [7, 11) is 1.74. The number of hydrogen-bond acceptors (Lipinski definition) is 2. The molecule has 3 rings (SSSR count). The molecule has 2 aromatic rings. The van der Waals surface area contributed by atoms with Gasteiger partial charge in [-0.3, -0.25) is 0 Å². The van der Waals surface area contributed by atoms with Gasteiger partial charge >= 0.3 is 0 Å². The largest absolute Gasteiger partial charge is 0.374 e. The highest BCUT2D eigenvalue weighted by molar-refractivity contribution is 5.89. The van der Waals surface area contributed by atoms with Crippen molar-refractivity contribution in [2.75, 3.05) is 13.7 Å². The first-order chi connectivity index (χ1) is 9.81. The van der Waals surface area contributed by atoms with Gasteiger partial charge in [-0.2, -0.15) is 0 Å². The summed E-state index contributed by atoms with van der Waals surface area (Å²) in [6.45, 7) is 2.48. The summed E-state index contributed by atoms with van der Waals surface area (Å²) in [6.07, 6.45) is 6.16. The Morgan fingerprint density at radius 3 is 2.75 bits per heavy atom. The van der Waals surface area contributed by atoms with Gasteiger partial charge in [-0.25, -0.2) is 0 Å². The fraction of sp³-hybridized carbons (Fsp3) is 0.333. The van der Waals surface area contributed by atoms with Crippen LogP contribution in [0.5, 0.6) is 0 Å². The third kappa shape index (κ3) is 1.83. The van der Waals surface area contributed by atoms with E-state index in [1.165, 1.54) is 27.5 Å². The molecule has 2 aromatic carbocycles. The van der Waals surface area contributed by atoms with E-state index in [0.29, 0.717) is 6.61 Å². The molecule has 0 spiro atoms. The third-order valence-corrected chi connectivity index (χ3v) is 4.06. The van der Waals surface area contributed by atoms with Gasteiger partial charge in [0.2, 0.25) is 0 Å². The maximum absolute atomic E-state index is 5.86. The summed E-state index contributed by atoms with van der Waals surface area (Å²) in [5.74, 6) is 2.55. The smallest absolute Gasteiger partial charge is 0.114 e. The summed E-state index contributed by atoms with van der Waals surface area (Å²) >= 11 is 0. The summed E-state index contributed by atoms with van der Waals surface area (Å²) in [6, 6.07) is 10.6. The molecule has 2 nitrogen and oxygen atoms in total. The Morgan fingerprint density at radius 2 is 2.05 bits per heavy atom. The van der Waals surface area contributed by atoms with Crippen molar-refractivity contribution in [3.8, 4) is 12.3 Å². The molecule has 0 amide bonds. The maximum Gasteiger partial charge on any atom is 0.114 e. The predicted octanol–water partition coefficient (Wildman–Crippen LogP) is 3.79. The molecule has 1 aliphatic carbocycles. The lowest BCUT2D eigenvalue weighted by Crippen LogP contribution is -2.11. The summed E-state index contributed by atoms with van der Waals surface area (Å²) in [4.78, 5) is 0. The number of rotatable bonds is 4. The van der Waals surface area contributed by atoms with Crippen molar-refractivity contribution in [2.45, 2.75) is 25.6 Å². The van der Waals surface area contributed by atoms with Crippen molar-refractivity contribution < 1.29 is 9.47 Å². The van der Waals surface area contributed by atoms with Crippen molar-refractivity contribution in [1.82, 2.24) is 0 Å². The van der Waals surface area contributed by atoms with Crippen LogP contribution in [-0.4, -0.2) is 13.7 Å². The van der Waals surface area contributed by atoms with E-state index in [1.807, 2.05) is 0 Å². The van der Waals surface area contributed by atoms with Crippen molar-refractivity contribution in [3.05, 3.63) is 47.0 Å². The van der Waals surface area contributed by atoms with Crippen LogP contribution in [0.4, 0.5) is 0 Å². The van der Waals surface area contributed by atoms with Crippen LogP contribution < -0.4 is 0 Å². The molecule has 2 heteroatoms. The second-order valence-corrected chi connectivity index (χ2v) is 5.02. The van der Waals surface area contributed by atoms with E-state index in [2.05, 4.69) is 43.2 Å². The average molecular weight is 266 g/mol. The Balaban J connectivity index is 2.21.